The van der Waals surface area contributed by atoms with Crippen molar-refractivity contribution in [2.75, 3.05) is 20.8 Å². The molecule has 1 saturated heterocycles. The fourth-order valence-electron chi connectivity index (χ4n) is 3.02. The molecule has 0 saturated carbocycles. The second-order valence-corrected chi connectivity index (χ2v) is 4.92. The van der Waals surface area contributed by atoms with Gasteiger partial charge < -0.3 is 14.8 Å². The molecule has 0 amide bonds. The first kappa shape index (κ1) is 14.3. The molecule has 1 aromatic carbocycles. The summed E-state index contributed by atoms with van der Waals surface area (Å²) >= 11 is 0. The normalized spacial score (nSPS) is 24.4. The minimum absolute atomic E-state index is 0.0538. The molecule has 2 rings (SSSR count). The van der Waals surface area contributed by atoms with Crippen LogP contribution in [-0.2, 0) is 4.74 Å². The number of nitrogens with one attached hydrogen (secondary N) is 1. The smallest absolute Gasteiger partial charge is 0.123 e. The highest BCUT2D eigenvalue weighted by Crippen LogP contribution is 2.38. The van der Waals surface area contributed by atoms with Gasteiger partial charge in [0.15, 0.2) is 0 Å². The summed E-state index contributed by atoms with van der Waals surface area (Å²) in [6.07, 6.45) is 2.19. The van der Waals surface area contributed by atoms with Crippen LogP contribution in [0, 0.1) is 11.7 Å². The molecule has 1 fully saturated rings. The molecule has 1 heterocycles. The lowest BCUT2D eigenvalue weighted by Crippen LogP contribution is -2.31. The fourth-order valence-corrected chi connectivity index (χ4v) is 3.02. The lowest BCUT2D eigenvalue weighted by molar-refractivity contribution is 0.0779. The molecule has 19 heavy (non-hydrogen) atoms. The summed E-state index contributed by atoms with van der Waals surface area (Å²) in [6, 6.07) is 4.73. The Hall–Kier alpha value is -1.13. The molecule has 3 unspecified atom stereocenters. The summed E-state index contributed by atoms with van der Waals surface area (Å²) in [5.74, 6) is 0.844. The third kappa shape index (κ3) is 2.90. The molecule has 4 heteroatoms. The van der Waals surface area contributed by atoms with Gasteiger partial charge in [-0.1, -0.05) is 6.92 Å². The van der Waals surface area contributed by atoms with Crippen LogP contribution in [0.4, 0.5) is 4.39 Å². The Morgan fingerprint density at radius 2 is 2.32 bits per heavy atom. The summed E-state index contributed by atoms with van der Waals surface area (Å²) in [6.45, 7) is 2.90. The Kier molecular flexibility index (Phi) is 4.77. The van der Waals surface area contributed by atoms with Crippen molar-refractivity contribution in [2.45, 2.75) is 31.9 Å². The highest BCUT2D eigenvalue weighted by Gasteiger charge is 2.35. The predicted molar refractivity (Wildman–Crippen MR) is 72.9 cm³/mol. The van der Waals surface area contributed by atoms with Crippen molar-refractivity contribution < 1.29 is 13.9 Å². The van der Waals surface area contributed by atoms with Crippen molar-refractivity contribution in [1.82, 2.24) is 5.32 Å². The first-order valence-corrected chi connectivity index (χ1v) is 6.83. The van der Waals surface area contributed by atoms with Gasteiger partial charge in [-0.05, 0) is 38.1 Å². The van der Waals surface area contributed by atoms with Crippen molar-refractivity contribution >= 4 is 0 Å². The van der Waals surface area contributed by atoms with E-state index in [2.05, 4.69) is 12.2 Å². The fraction of sp³-hybridized carbons (Fsp3) is 0.600. The lowest BCUT2D eigenvalue weighted by Gasteiger charge is -2.28. The third-order valence-electron chi connectivity index (χ3n) is 3.93. The van der Waals surface area contributed by atoms with Crippen LogP contribution >= 0.6 is 0 Å². The van der Waals surface area contributed by atoms with Gasteiger partial charge in [-0.25, -0.2) is 4.39 Å². The molecule has 106 valence electrons. The average molecular weight is 267 g/mol. The average Bonchev–Trinajstić information content (AvgIpc) is 2.88. The molecule has 0 radical (unpaired) electrons. The number of halogens is 1. The highest BCUT2D eigenvalue weighted by molar-refractivity contribution is 5.37. The van der Waals surface area contributed by atoms with E-state index in [1.807, 2.05) is 7.05 Å². The molecule has 1 aromatic rings. The first-order valence-electron chi connectivity index (χ1n) is 6.83. The van der Waals surface area contributed by atoms with Gasteiger partial charge in [-0.15, -0.1) is 0 Å². The summed E-state index contributed by atoms with van der Waals surface area (Å²) in [5, 5.41) is 3.30. The van der Waals surface area contributed by atoms with Crippen LogP contribution in [0.25, 0.3) is 0 Å². The van der Waals surface area contributed by atoms with Gasteiger partial charge in [0.1, 0.15) is 11.6 Å². The van der Waals surface area contributed by atoms with Crippen LogP contribution in [0.5, 0.6) is 5.75 Å². The van der Waals surface area contributed by atoms with Gasteiger partial charge in [0.2, 0.25) is 0 Å². The minimum atomic E-state index is -0.233. The van der Waals surface area contributed by atoms with Crippen LogP contribution in [0.2, 0.25) is 0 Å². The predicted octanol–water partition coefficient (Wildman–Crippen LogP) is 2.91. The number of benzene rings is 1. The Bertz CT molecular complexity index is 425. The van der Waals surface area contributed by atoms with Gasteiger partial charge in [0, 0.05) is 24.1 Å². The van der Waals surface area contributed by atoms with Crippen molar-refractivity contribution in [3.63, 3.8) is 0 Å². The van der Waals surface area contributed by atoms with Gasteiger partial charge >= 0.3 is 0 Å². The van der Waals surface area contributed by atoms with Gasteiger partial charge in [-0.2, -0.15) is 0 Å². The molecule has 0 bridgehead atoms. The number of ether oxygens (including phenoxy) is 2. The zero-order chi connectivity index (χ0) is 13.8. The van der Waals surface area contributed by atoms with Crippen LogP contribution in [0.3, 0.4) is 0 Å². The molecule has 1 aliphatic rings. The zero-order valence-electron chi connectivity index (χ0n) is 11.8. The largest absolute Gasteiger partial charge is 0.496 e. The Morgan fingerprint density at radius 1 is 1.53 bits per heavy atom. The van der Waals surface area contributed by atoms with Crippen LogP contribution in [0.15, 0.2) is 18.2 Å². The third-order valence-corrected chi connectivity index (χ3v) is 3.93. The van der Waals surface area contributed by atoms with Crippen molar-refractivity contribution in [3.8, 4) is 5.75 Å². The SMILES string of the molecule is CCC1OCCC1C(NC)c1cc(F)ccc1OC. The zero-order valence-corrected chi connectivity index (χ0v) is 11.8. The van der Waals surface area contributed by atoms with Crippen molar-refractivity contribution in [2.24, 2.45) is 5.92 Å². The lowest BCUT2D eigenvalue weighted by atomic mass is 9.86. The summed E-state index contributed by atoms with van der Waals surface area (Å²) in [7, 11) is 3.52. The summed E-state index contributed by atoms with van der Waals surface area (Å²) in [5.41, 5.74) is 0.874. The topological polar surface area (TPSA) is 30.5 Å². The molecular weight excluding hydrogens is 245 g/mol. The Morgan fingerprint density at radius 3 is 2.95 bits per heavy atom. The standard InChI is InChI=1S/C15H22FNO2/c1-4-13-11(7-8-19-13)15(17-2)12-9-10(16)5-6-14(12)18-3/h5-6,9,11,13,15,17H,4,7-8H2,1-3H3. The van der Waals surface area contributed by atoms with E-state index in [1.54, 1.807) is 19.2 Å². The van der Waals surface area contributed by atoms with Gasteiger partial charge in [0.05, 0.1) is 13.2 Å². The van der Waals surface area contributed by atoms with Crippen molar-refractivity contribution in [3.05, 3.63) is 29.6 Å². The molecule has 3 atom stereocenters. The molecular formula is C15H22FNO2. The second kappa shape index (κ2) is 6.35. The molecule has 0 aliphatic carbocycles. The van der Waals surface area contributed by atoms with Crippen LogP contribution < -0.4 is 10.1 Å². The number of hydrogen-bond acceptors (Lipinski definition) is 3. The molecule has 1 aliphatic heterocycles. The first-order chi connectivity index (χ1) is 9.21. The molecule has 0 aromatic heterocycles. The number of hydrogen-bond donors (Lipinski definition) is 1. The van der Waals surface area contributed by atoms with E-state index >= 15 is 0 Å². The van der Waals surface area contributed by atoms with E-state index in [1.165, 1.54) is 6.07 Å². The van der Waals surface area contributed by atoms with Crippen LogP contribution in [-0.4, -0.2) is 26.9 Å². The van der Waals surface area contributed by atoms with E-state index in [0.717, 1.165) is 30.8 Å². The monoisotopic (exact) mass is 267 g/mol. The number of rotatable bonds is 5. The quantitative estimate of drug-likeness (QED) is 0.889. The molecule has 0 spiro atoms. The minimum Gasteiger partial charge on any atom is -0.496 e. The van der Waals surface area contributed by atoms with E-state index in [9.17, 15) is 4.39 Å². The Labute approximate surface area is 114 Å². The maximum Gasteiger partial charge on any atom is 0.123 e. The summed E-state index contributed by atoms with van der Waals surface area (Å²) in [4.78, 5) is 0. The highest BCUT2D eigenvalue weighted by atomic mass is 19.1. The Balaban J connectivity index is 2.33. The molecule has 1 N–H and O–H groups in total. The van der Waals surface area contributed by atoms with Crippen LogP contribution in [0.1, 0.15) is 31.4 Å². The molecule has 3 nitrogen and oxygen atoms in total. The van der Waals surface area contributed by atoms with Crippen molar-refractivity contribution in [1.29, 1.82) is 0 Å². The number of methoxy groups -OCH3 is 1. The van der Waals surface area contributed by atoms with Gasteiger partial charge in [-0.3, -0.25) is 0 Å². The maximum absolute atomic E-state index is 13.5. The van der Waals surface area contributed by atoms with Gasteiger partial charge in [0.25, 0.3) is 0 Å². The van der Waals surface area contributed by atoms with E-state index in [4.69, 9.17) is 9.47 Å². The summed E-state index contributed by atoms with van der Waals surface area (Å²) < 4.78 is 24.6. The van der Waals surface area contributed by atoms with E-state index < -0.39 is 0 Å². The maximum atomic E-state index is 13.5. The van der Waals surface area contributed by atoms with E-state index in [-0.39, 0.29) is 18.0 Å². The van der Waals surface area contributed by atoms with E-state index in [0.29, 0.717) is 5.92 Å². The second-order valence-electron chi connectivity index (χ2n) is 4.92.